The van der Waals surface area contributed by atoms with Crippen molar-refractivity contribution in [3.8, 4) is 0 Å². The molecule has 0 bridgehead atoms. The monoisotopic (exact) mass is 346 g/mol. The van der Waals surface area contributed by atoms with Gasteiger partial charge in [0.25, 0.3) is 0 Å². The maximum absolute atomic E-state index is 11.4. The van der Waals surface area contributed by atoms with Crippen molar-refractivity contribution in [2.75, 3.05) is 24.2 Å². The summed E-state index contributed by atoms with van der Waals surface area (Å²) in [7, 11) is 0. The molecule has 1 aromatic rings. The van der Waals surface area contributed by atoms with Gasteiger partial charge in [-0.25, -0.2) is 0 Å². The highest BCUT2D eigenvalue weighted by atomic mass is 32.2. The van der Waals surface area contributed by atoms with Crippen LogP contribution in [0.1, 0.15) is 31.7 Å². The molecule has 0 radical (unpaired) electrons. The Morgan fingerprint density at radius 1 is 1.46 bits per heavy atom. The lowest BCUT2D eigenvalue weighted by atomic mass is 10.1. The Morgan fingerprint density at radius 3 is 2.92 bits per heavy atom. The van der Waals surface area contributed by atoms with Crippen LogP contribution in [0.3, 0.4) is 0 Å². The normalized spacial score (nSPS) is 22.1. The Hall–Kier alpha value is -1.86. The van der Waals surface area contributed by atoms with Gasteiger partial charge in [-0.2, -0.15) is 5.10 Å². The van der Waals surface area contributed by atoms with Gasteiger partial charge in [-0.15, -0.1) is 0 Å². The van der Waals surface area contributed by atoms with E-state index in [-0.39, 0.29) is 12.0 Å². The number of amidine groups is 1. The standard InChI is InChI=1S/C17H22N4O2S/c1-2-16(22)19-13-7-5-12(6-8-13)15-11-24-17(21-20-15)18-10-14-4-3-9-23-14/h5-8,14H,2-4,9-11H2,1H3,(H,18,21)(H,19,22). The quantitative estimate of drug-likeness (QED) is 0.859. The van der Waals surface area contributed by atoms with Crippen molar-refractivity contribution >= 4 is 34.2 Å². The number of amides is 1. The van der Waals surface area contributed by atoms with E-state index in [1.807, 2.05) is 31.2 Å². The minimum absolute atomic E-state index is 0.0158. The van der Waals surface area contributed by atoms with Crippen LogP contribution in [0.15, 0.2) is 34.4 Å². The zero-order valence-corrected chi connectivity index (χ0v) is 14.6. The van der Waals surface area contributed by atoms with Crippen molar-refractivity contribution < 1.29 is 9.53 Å². The summed E-state index contributed by atoms with van der Waals surface area (Å²) in [6.45, 7) is 3.39. The number of hydrazone groups is 1. The van der Waals surface area contributed by atoms with E-state index in [0.29, 0.717) is 13.0 Å². The second-order valence-electron chi connectivity index (χ2n) is 5.72. The van der Waals surface area contributed by atoms with Crippen LogP contribution in [0.4, 0.5) is 5.69 Å². The largest absolute Gasteiger partial charge is 0.376 e. The number of nitrogens with one attached hydrogen (secondary N) is 2. The summed E-state index contributed by atoms with van der Waals surface area (Å²) >= 11 is 1.65. The third-order valence-electron chi connectivity index (χ3n) is 3.92. The van der Waals surface area contributed by atoms with Gasteiger partial charge >= 0.3 is 0 Å². The van der Waals surface area contributed by atoms with E-state index in [9.17, 15) is 4.79 Å². The zero-order chi connectivity index (χ0) is 16.8. The Balaban J connectivity index is 1.56. The first-order valence-electron chi connectivity index (χ1n) is 8.26. The van der Waals surface area contributed by atoms with Crippen LogP contribution in [0.25, 0.3) is 0 Å². The van der Waals surface area contributed by atoms with Gasteiger partial charge in [-0.3, -0.25) is 15.2 Å². The molecule has 128 valence electrons. The van der Waals surface area contributed by atoms with Crippen LogP contribution in [0, 0.1) is 0 Å². The van der Waals surface area contributed by atoms with Crippen molar-refractivity contribution in [3.63, 3.8) is 0 Å². The van der Waals surface area contributed by atoms with Gasteiger partial charge in [0.2, 0.25) is 5.91 Å². The number of ether oxygens (including phenoxy) is 1. The molecule has 2 aliphatic heterocycles. The Kier molecular flexibility index (Phi) is 5.87. The number of benzene rings is 1. The average molecular weight is 346 g/mol. The van der Waals surface area contributed by atoms with E-state index >= 15 is 0 Å². The fourth-order valence-electron chi connectivity index (χ4n) is 2.51. The second-order valence-corrected chi connectivity index (χ2v) is 6.68. The van der Waals surface area contributed by atoms with Crippen molar-refractivity contribution in [3.05, 3.63) is 29.8 Å². The topological polar surface area (TPSA) is 75.1 Å². The lowest BCUT2D eigenvalue weighted by Gasteiger charge is -2.16. The molecule has 1 amide bonds. The SMILES string of the molecule is CCC(=O)Nc1ccc(C2=NNC(=NCC3CCCO3)SC2)cc1. The summed E-state index contributed by atoms with van der Waals surface area (Å²) in [6.07, 6.45) is 2.96. The van der Waals surface area contributed by atoms with Crippen molar-refractivity contribution in [1.29, 1.82) is 0 Å². The van der Waals surface area contributed by atoms with Crippen LogP contribution < -0.4 is 10.7 Å². The van der Waals surface area contributed by atoms with E-state index in [2.05, 4.69) is 20.8 Å². The van der Waals surface area contributed by atoms with E-state index < -0.39 is 0 Å². The first-order valence-corrected chi connectivity index (χ1v) is 9.25. The van der Waals surface area contributed by atoms with Crippen LogP contribution >= 0.6 is 11.8 Å². The van der Waals surface area contributed by atoms with Crippen molar-refractivity contribution in [2.24, 2.45) is 10.1 Å². The molecular formula is C17H22N4O2S. The van der Waals surface area contributed by atoms with Gasteiger partial charge in [0.15, 0.2) is 5.17 Å². The number of carbonyl (C=O) groups excluding carboxylic acids is 1. The Labute approximate surface area is 146 Å². The number of hydrogen-bond donors (Lipinski definition) is 2. The third kappa shape index (κ3) is 4.58. The van der Waals surface area contributed by atoms with Crippen molar-refractivity contribution in [1.82, 2.24) is 5.43 Å². The molecule has 2 heterocycles. The first-order chi connectivity index (χ1) is 11.7. The molecule has 0 spiro atoms. The van der Waals surface area contributed by atoms with Gasteiger partial charge in [0.05, 0.1) is 18.4 Å². The van der Waals surface area contributed by atoms with E-state index in [1.165, 1.54) is 0 Å². The van der Waals surface area contributed by atoms with E-state index in [4.69, 9.17) is 4.74 Å². The van der Waals surface area contributed by atoms with Crippen LogP contribution in [0.2, 0.25) is 0 Å². The highest BCUT2D eigenvalue weighted by molar-refractivity contribution is 8.14. The maximum Gasteiger partial charge on any atom is 0.224 e. The summed E-state index contributed by atoms with van der Waals surface area (Å²) in [5.41, 5.74) is 5.85. The van der Waals surface area contributed by atoms with Gasteiger partial charge in [-0.05, 0) is 30.5 Å². The van der Waals surface area contributed by atoms with Gasteiger partial charge in [-0.1, -0.05) is 30.8 Å². The predicted molar refractivity (Wildman–Crippen MR) is 98.8 cm³/mol. The average Bonchev–Trinajstić information content (AvgIpc) is 3.14. The summed E-state index contributed by atoms with van der Waals surface area (Å²) in [5.74, 6) is 0.792. The number of thioether (sulfide) groups is 1. The summed E-state index contributed by atoms with van der Waals surface area (Å²) in [5, 5.41) is 8.11. The highest BCUT2D eigenvalue weighted by Gasteiger charge is 2.17. The minimum Gasteiger partial charge on any atom is -0.376 e. The van der Waals surface area contributed by atoms with Gasteiger partial charge in [0, 0.05) is 24.5 Å². The van der Waals surface area contributed by atoms with Crippen molar-refractivity contribution in [2.45, 2.75) is 32.3 Å². The molecule has 24 heavy (non-hydrogen) atoms. The summed E-state index contributed by atoms with van der Waals surface area (Å²) < 4.78 is 5.57. The molecule has 0 aromatic heterocycles. The maximum atomic E-state index is 11.4. The molecule has 1 saturated heterocycles. The van der Waals surface area contributed by atoms with E-state index in [1.54, 1.807) is 11.8 Å². The predicted octanol–water partition coefficient (Wildman–Crippen LogP) is 2.61. The smallest absolute Gasteiger partial charge is 0.224 e. The number of aliphatic imine (C=N–C) groups is 1. The molecule has 3 rings (SSSR count). The molecule has 0 saturated carbocycles. The molecule has 1 aromatic carbocycles. The lowest BCUT2D eigenvalue weighted by Crippen LogP contribution is -2.26. The van der Waals surface area contributed by atoms with Gasteiger partial charge in [0.1, 0.15) is 0 Å². The minimum atomic E-state index is 0.0158. The number of rotatable bonds is 5. The number of carbonyl (C=O) groups is 1. The number of anilines is 1. The molecule has 1 unspecified atom stereocenters. The molecule has 2 N–H and O–H groups in total. The summed E-state index contributed by atoms with van der Waals surface area (Å²) in [6, 6.07) is 7.75. The van der Waals surface area contributed by atoms with Gasteiger partial charge < -0.3 is 10.1 Å². The first kappa shape index (κ1) is 17.0. The second kappa shape index (κ2) is 8.30. The molecule has 0 aliphatic carbocycles. The fraction of sp³-hybridized carbons (Fsp3) is 0.471. The van der Waals surface area contributed by atoms with Crippen LogP contribution in [0.5, 0.6) is 0 Å². The Bertz CT molecular complexity index is 636. The third-order valence-corrected chi connectivity index (χ3v) is 4.83. The molecule has 7 heteroatoms. The summed E-state index contributed by atoms with van der Waals surface area (Å²) in [4.78, 5) is 15.9. The molecule has 2 aliphatic rings. The molecule has 1 atom stereocenters. The van der Waals surface area contributed by atoms with E-state index in [0.717, 1.165) is 47.3 Å². The van der Waals surface area contributed by atoms with Crippen LogP contribution in [-0.4, -0.2) is 41.8 Å². The zero-order valence-electron chi connectivity index (χ0n) is 13.7. The molecule has 1 fully saturated rings. The lowest BCUT2D eigenvalue weighted by molar-refractivity contribution is -0.115. The van der Waals surface area contributed by atoms with Crippen LogP contribution in [-0.2, 0) is 9.53 Å². The molecule has 6 nitrogen and oxygen atoms in total. The highest BCUT2D eigenvalue weighted by Crippen LogP contribution is 2.17. The molecular weight excluding hydrogens is 324 g/mol. The Morgan fingerprint density at radius 2 is 2.29 bits per heavy atom. The number of hydrogen-bond acceptors (Lipinski definition) is 5. The fourth-order valence-corrected chi connectivity index (χ4v) is 3.29. The number of nitrogens with zero attached hydrogens (tertiary/aromatic N) is 2.